The van der Waals surface area contributed by atoms with E-state index in [0.717, 1.165) is 17.1 Å². The second kappa shape index (κ2) is 6.64. The van der Waals surface area contributed by atoms with Crippen LogP contribution in [0.15, 0.2) is 70.6 Å². The molecule has 0 radical (unpaired) electrons. The molecule has 0 amide bonds. The van der Waals surface area contributed by atoms with Crippen LogP contribution in [0.5, 0.6) is 0 Å². The summed E-state index contributed by atoms with van der Waals surface area (Å²) in [5.74, 6) is 0.810. The molecule has 2 aromatic rings. The molecule has 0 bridgehead atoms. The van der Waals surface area contributed by atoms with Crippen LogP contribution < -0.4 is 0 Å². The van der Waals surface area contributed by atoms with Gasteiger partial charge in [0.2, 0.25) is 0 Å². The van der Waals surface area contributed by atoms with Crippen molar-refractivity contribution < 1.29 is 0 Å². The van der Waals surface area contributed by atoms with Crippen LogP contribution in [0.25, 0.3) is 0 Å². The maximum atomic E-state index is 4.53. The van der Waals surface area contributed by atoms with Gasteiger partial charge < -0.3 is 0 Å². The minimum Gasteiger partial charge on any atom is -0.266 e. The fraction of sp³-hybridized carbons (Fsp3) is 0.176. The lowest BCUT2D eigenvalue weighted by molar-refractivity contribution is 1.06. The van der Waals surface area contributed by atoms with Crippen molar-refractivity contribution >= 4 is 11.5 Å². The van der Waals surface area contributed by atoms with Gasteiger partial charge in [-0.3, -0.25) is 4.99 Å². The molecule has 0 aromatic heterocycles. The second-order valence-electron chi connectivity index (χ2n) is 4.41. The Morgan fingerprint density at radius 2 is 1.42 bits per heavy atom. The number of nitrogens with zero attached hydrogens (tertiary/aromatic N) is 2. The van der Waals surface area contributed by atoms with Crippen LogP contribution in [0.1, 0.15) is 25.0 Å². The molecule has 96 valence electrons. The summed E-state index contributed by atoms with van der Waals surface area (Å²) in [7, 11) is 0. The van der Waals surface area contributed by atoms with Gasteiger partial charge in [-0.25, -0.2) is 4.99 Å². The third kappa shape index (κ3) is 4.18. The van der Waals surface area contributed by atoms with E-state index in [1.807, 2.05) is 50.2 Å². The Kier molecular flexibility index (Phi) is 4.62. The van der Waals surface area contributed by atoms with Crippen LogP contribution in [0, 0.1) is 0 Å². The van der Waals surface area contributed by atoms with Crippen LogP contribution in [0.3, 0.4) is 0 Å². The second-order valence-corrected chi connectivity index (χ2v) is 4.41. The van der Waals surface area contributed by atoms with Gasteiger partial charge in [-0.2, -0.15) is 0 Å². The predicted molar refractivity (Wildman–Crippen MR) is 81.9 cm³/mol. The summed E-state index contributed by atoms with van der Waals surface area (Å²) in [6, 6.07) is 20.4. The van der Waals surface area contributed by atoms with Crippen molar-refractivity contribution in [3.63, 3.8) is 0 Å². The Balaban J connectivity index is 2.06. The van der Waals surface area contributed by atoms with Gasteiger partial charge in [-0.1, -0.05) is 60.7 Å². The number of hydrogen-bond donors (Lipinski definition) is 0. The van der Waals surface area contributed by atoms with E-state index in [9.17, 15) is 0 Å². The van der Waals surface area contributed by atoms with Gasteiger partial charge in [-0.15, -0.1) is 0 Å². The largest absolute Gasteiger partial charge is 0.266 e. The monoisotopic (exact) mass is 250 g/mol. The minimum atomic E-state index is 0.679. The molecule has 2 aromatic carbocycles. The molecular weight excluding hydrogens is 232 g/mol. The molecule has 0 heterocycles. The first-order chi connectivity index (χ1) is 9.25. The van der Waals surface area contributed by atoms with Crippen molar-refractivity contribution in [3.05, 3.63) is 71.8 Å². The molecule has 19 heavy (non-hydrogen) atoms. The average molecular weight is 250 g/mol. The Morgan fingerprint density at radius 3 is 2.05 bits per heavy atom. The van der Waals surface area contributed by atoms with Gasteiger partial charge in [0, 0.05) is 5.71 Å². The van der Waals surface area contributed by atoms with E-state index in [4.69, 9.17) is 0 Å². The van der Waals surface area contributed by atoms with E-state index in [2.05, 4.69) is 34.3 Å². The van der Waals surface area contributed by atoms with Gasteiger partial charge in [0.1, 0.15) is 5.84 Å². The third-order valence-electron chi connectivity index (χ3n) is 2.85. The molecule has 0 spiro atoms. The van der Waals surface area contributed by atoms with Gasteiger partial charge in [0.25, 0.3) is 0 Å². The van der Waals surface area contributed by atoms with E-state index in [0.29, 0.717) is 6.54 Å². The van der Waals surface area contributed by atoms with Crippen LogP contribution in [0.2, 0.25) is 0 Å². The molecule has 0 aliphatic heterocycles. The topological polar surface area (TPSA) is 24.7 Å². The lowest BCUT2D eigenvalue weighted by atomic mass is 10.1. The lowest BCUT2D eigenvalue weighted by Gasteiger charge is -2.01. The molecule has 2 rings (SSSR count). The summed E-state index contributed by atoms with van der Waals surface area (Å²) in [6.45, 7) is 4.63. The number of rotatable bonds is 3. The van der Waals surface area contributed by atoms with E-state index < -0.39 is 0 Å². The van der Waals surface area contributed by atoms with Crippen molar-refractivity contribution in [1.82, 2.24) is 0 Å². The third-order valence-corrected chi connectivity index (χ3v) is 2.85. The van der Waals surface area contributed by atoms with E-state index in [1.165, 1.54) is 5.56 Å². The van der Waals surface area contributed by atoms with Gasteiger partial charge in [0.15, 0.2) is 0 Å². The first kappa shape index (κ1) is 13.2. The molecule has 0 aliphatic rings. The highest BCUT2D eigenvalue weighted by molar-refractivity contribution is 6.05. The number of hydrogen-bond acceptors (Lipinski definition) is 1. The van der Waals surface area contributed by atoms with Gasteiger partial charge in [0.05, 0.1) is 6.54 Å². The molecule has 2 heteroatoms. The average Bonchev–Trinajstić information content (AvgIpc) is 2.47. The Labute approximate surface area is 114 Å². The molecule has 0 saturated heterocycles. The zero-order valence-corrected chi connectivity index (χ0v) is 11.4. The SMILES string of the molecule is CC(=NCc1ccccc1)N=C(C)c1ccccc1. The van der Waals surface area contributed by atoms with E-state index in [-0.39, 0.29) is 0 Å². The van der Waals surface area contributed by atoms with Crippen molar-refractivity contribution in [1.29, 1.82) is 0 Å². The number of aliphatic imine (C=N–C) groups is 2. The number of amidine groups is 1. The fourth-order valence-electron chi connectivity index (χ4n) is 1.81. The normalized spacial score (nSPS) is 12.5. The fourth-order valence-corrected chi connectivity index (χ4v) is 1.81. The summed E-state index contributed by atoms with van der Waals surface area (Å²) in [6.07, 6.45) is 0. The molecule has 0 aliphatic carbocycles. The molecule has 0 N–H and O–H groups in total. The molecule has 0 fully saturated rings. The maximum absolute atomic E-state index is 4.53. The zero-order chi connectivity index (χ0) is 13.5. The summed E-state index contributed by atoms with van der Waals surface area (Å²) in [5.41, 5.74) is 3.33. The Bertz CT molecular complexity index is 569. The Hall–Kier alpha value is -2.22. The van der Waals surface area contributed by atoms with E-state index >= 15 is 0 Å². The van der Waals surface area contributed by atoms with Gasteiger partial charge >= 0.3 is 0 Å². The maximum Gasteiger partial charge on any atom is 0.120 e. The highest BCUT2D eigenvalue weighted by atomic mass is 14.9. The highest BCUT2D eigenvalue weighted by Gasteiger charge is 1.96. The number of benzene rings is 2. The van der Waals surface area contributed by atoms with Crippen LogP contribution >= 0.6 is 0 Å². The molecule has 0 unspecified atom stereocenters. The van der Waals surface area contributed by atoms with Crippen LogP contribution in [-0.4, -0.2) is 11.5 Å². The van der Waals surface area contributed by atoms with Crippen molar-refractivity contribution in [2.75, 3.05) is 0 Å². The summed E-state index contributed by atoms with van der Waals surface area (Å²) < 4.78 is 0. The minimum absolute atomic E-state index is 0.679. The van der Waals surface area contributed by atoms with Crippen molar-refractivity contribution in [2.45, 2.75) is 20.4 Å². The molecule has 2 nitrogen and oxygen atoms in total. The van der Waals surface area contributed by atoms with Crippen molar-refractivity contribution in [3.8, 4) is 0 Å². The molecule has 0 atom stereocenters. The summed E-state index contributed by atoms with van der Waals surface area (Å²) in [5, 5.41) is 0. The molecule has 0 saturated carbocycles. The standard InChI is InChI=1S/C17H18N2/c1-14(17-11-7-4-8-12-17)19-15(2)18-13-16-9-5-3-6-10-16/h3-12H,13H2,1-2H3. The smallest absolute Gasteiger partial charge is 0.120 e. The Morgan fingerprint density at radius 1 is 0.842 bits per heavy atom. The zero-order valence-electron chi connectivity index (χ0n) is 11.4. The van der Waals surface area contributed by atoms with Crippen LogP contribution in [-0.2, 0) is 6.54 Å². The molecular formula is C17H18N2. The first-order valence-corrected chi connectivity index (χ1v) is 6.41. The highest BCUT2D eigenvalue weighted by Crippen LogP contribution is 2.03. The summed E-state index contributed by atoms with van der Waals surface area (Å²) >= 11 is 0. The summed E-state index contributed by atoms with van der Waals surface area (Å²) in [4.78, 5) is 9.02. The lowest BCUT2D eigenvalue weighted by Crippen LogP contribution is -1.99. The van der Waals surface area contributed by atoms with Gasteiger partial charge in [-0.05, 0) is 25.0 Å². The van der Waals surface area contributed by atoms with E-state index in [1.54, 1.807) is 0 Å². The van der Waals surface area contributed by atoms with Crippen molar-refractivity contribution in [2.24, 2.45) is 9.98 Å². The predicted octanol–water partition coefficient (Wildman–Crippen LogP) is 4.11. The first-order valence-electron chi connectivity index (χ1n) is 6.41. The quantitative estimate of drug-likeness (QED) is 0.578. The van der Waals surface area contributed by atoms with Crippen LogP contribution in [0.4, 0.5) is 0 Å².